The molecule has 2 aromatic carbocycles. The van der Waals surface area contributed by atoms with Gasteiger partial charge in [-0.25, -0.2) is 8.78 Å². The molecule has 0 radical (unpaired) electrons. The van der Waals surface area contributed by atoms with Gasteiger partial charge in [0.05, 0.1) is 33.7 Å². The summed E-state index contributed by atoms with van der Waals surface area (Å²) in [5.74, 6) is -2.44. The van der Waals surface area contributed by atoms with Gasteiger partial charge >= 0.3 is 0 Å². The van der Waals surface area contributed by atoms with Crippen LogP contribution in [0.1, 0.15) is 17.0 Å². The van der Waals surface area contributed by atoms with Crippen LogP contribution >= 0.6 is 43.2 Å². The maximum Gasteiger partial charge on any atom is 0.274 e. The number of allylic oxidation sites excluding steroid dienone is 1. The average molecular weight is 576 g/mol. The van der Waals surface area contributed by atoms with E-state index in [9.17, 15) is 24.1 Å². The first kappa shape index (κ1) is 22.2. The van der Waals surface area contributed by atoms with E-state index in [0.717, 1.165) is 15.9 Å². The van der Waals surface area contributed by atoms with Crippen LogP contribution < -0.4 is 20.5 Å². The molecule has 1 aliphatic heterocycles. The number of fused-ring (bicyclic) bond motifs is 1. The van der Waals surface area contributed by atoms with Gasteiger partial charge in [-0.05, 0) is 42.5 Å². The number of thiazole rings is 1. The number of benzene rings is 2. The van der Waals surface area contributed by atoms with Crippen molar-refractivity contribution in [3.63, 3.8) is 0 Å². The zero-order valence-electron chi connectivity index (χ0n) is 15.9. The van der Waals surface area contributed by atoms with E-state index in [-0.39, 0.29) is 37.3 Å². The molecule has 0 fully saturated rings. The first-order valence-corrected chi connectivity index (χ1v) is 11.3. The van der Waals surface area contributed by atoms with Crippen LogP contribution in [0.25, 0.3) is 17.5 Å². The number of hydrogen-bond donors (Lipinski definition) is 1. The molecule has 0 aliphatic carbocycles. The quantitative estimate of drug-likeness (QED) is 0.504. The molecule has 0 spiro atoms. The molecule has 0 saturated carbocycles. The lowest BCUT2D eigenvalue weighted by Gasteiger charge is -2.22. The number of rotatable bonds is 2. The molecule has 4 rings (SSSR count). The monoisotopic (exact) mass is 574 g/mol. The number of halogens is 4. The van der Waals surface area contributed by atoms with Crippen molar-refractivity contribution in [3.8, 4) is 12.1 Å². The second-order valence-corrected chi connectivity index (χ2v) is 9.62. The van der Waals surface area contributed by atoms with Crippen LogP contribution in [0.2, 0.25) is 0 Å². The van der Waals surface area contributed by atoms with Crippen LogP contribution in [0.4, 0.5) is 8.78 Å². The van der Waals surface area contributed by atoms with E-state index in [1.807, 2.05) is 12.1 Å². The summed E-state index contributed by atoms with van der Waals surface area (Å²) in [7, 11) is 0. The topological polar surface area (TPSA) is 95.6 Å². The second kappa shape index (κ2) is 8.47. The third-order valence-electron chi connectivity index (χ3n) is 4.90. The third kappa shape index (κ3) is 3.61. The minimum Gasteiger partial charge on any atom is -0.384 e. The Morgan fingerprint density at radius 2 is 1.66 bits per heavy atom. The summed E-state index contributed by atoms with van der Waals surface area (Å²) in [5.41, 5.74) is 5.69. The van der Waals surface area contributed by atoms with E-state index < -0.39 is 23.1 Å². The molecule has 2 N–H and O–H groups in total. The fourth-order valence-electron chi connectivity index (χ4n) is 3.46. The molecule has 2 heterocycles. The van der Waals surface area contributed by atoms with E-state index in [4.69, 9.17) is 5.73 Å². The molecule has 0 bridgehead atoms. The highest BCUT2D eigenvalue weighted by Crippen LogP contribution is 2.37. The molecule has 10 heteroatoms. The number of hydrogen-bond acceptors (Lipinski definition) is 5. The van der Waals surface area contributed by atoms with Gasteiger partial charge in [0.2, 0.25) is 0 Å². The van der Waals surface area contributed by atoms with Crippen LogP contribution in [0.5, 0.6) is 0 Å². The minimum atomic E-state index is -1.09. The van der Waals surface area contributed by atoms with E-state index in [2.05, 4.69) is 31.9 Å². The summed E-state index contributed by atoms with van der Waals surface area (Å²) >= 11 is 7.46. The SMILES string of the molecule is N#CC1=C(N)n2c(s/c(=C\c3cc(Br)ccc3F)c2=O)=C(C#N)[C@H]1c1cc(Br)ccc1F. The zero-order chi connectivity index (χ0) is 23.2. The van der Waals surface area contributed by atoms with Crippen molar-refractivity contribution in [2.75, 3.05) is 0 Å². The second-order valence-electron chi connectivity index (χ2n) is 6.76. The number of nitrogens with zero attached hydrogens (tertiary/aromatic N) is 3. The summed E-state index contributed by atoms with van der Waals surface area (Å²) in [6, 6.07) is 12.4. The lowest BCUT2D eigenvalue weighted by molar-refractivity contribution is 0.608. The van der Waals surface area contributed by atoms with Gasteiger partial charge < -0.3 is 5.73 Å². The van der Waals surface area contributed by atoms with Crippen LogP contribution in [-0.2, 0) is 0 Å². The summed E-state index contributed by atoms with van der Waals surface area (Å²) in [4.78, 5) is 13.1. The maximum absolute atomic E-state index is 14.7. The Kier molecular flexibility index (Phi) is 5.87. The summed E-state index contributed by atoms with van der Waals surface area (Å²) in [6.07, 6.45) is 1.35. The fourth-order valence-corrected chi connectivity index (χ4v) is 5.34. The van der Waals surface area contributed by atoms with Crippen LogP contribution in [0.3, 0.4) is 0 Å². The van der Waals surface area contributed by atoms with Gasteiger partial charge in [0.25, 0.3) is 5.56 Å². The fraction of sp³-hybridized carbons (Fsp3) is 0.0455. The summed E-state index contributed by atoms with van der Waals surface area (Å²) in [6.45, 7) is 0. The van der Waals surface area contributed by atoms with Crippen LogP contribution in [-0.4, -0.2) is 4.57 Å². The largest absolute Gasteiger partial charge is 0.384 e. The first-order valence-electron chi connectivity index (χ1n) is 8.94. The lowest BCUT2D eigenvalue weighted by atomic mass is 9.84. The zero-order valence-corrected chi connectivity index (χ0v) is 19.9. The Morgan fingerprint density at radius 1 is 1.03 bits per heavy atom. The van der Waals surface area contributed by atoms with Crippen molar-refractivity contribution in [1.29, 1.82) is 10.5 Å². The molecular formula is C22H10Br2F2N4OS. The molecule has 158 valence electrons. The smallest absolute Gasteiger partial charge is 0.274 e. The van der Waals surface area contributed by atoms with Gasteiger partial charge in [0, 0.05) is 20.1 Å². The molecule has 3 aromatic rings. The summed E-state index contributed by atoms with van der Waals surface area (Å²) < 4.78 is 31.4. The van der Waals surface area contributed by atoms with E-state index >= 15 is 0 Å². The third-order valence-corrected chi connectivity index (χ3v) is 7.00. The Balaban J connectivity index is 2.10. The van der Waals surface area contributed by atoms with Crippen molar-refractivity contribution in [2.45, 2.75) is 5.92 Å². The highest BCUT2D eigenvalue weighted by atomic mass is 79.9. The van der Waals surface area contributed by atoms with Gasteiger partial charge in [0.15, 0.2) is 0 Å². The van der Waals surface area contributed by atoms with Gasteiger partial charge in [-0.3, -0.25) is 9.36 Å². The maximum atomic E-state index is 14.7. The van der Waals surface area contributed by atoms with Crippen LogP contribution in [0.15, 0.2) is 55.7 Å². The Labute approximate surface area is 200 Å². The first-order chi connectivity index (χ1) is 15.3. The Bertz CT molecular complexity index is 1590. The van der Waals surface area contributed by atoms with Crippen molar-refractivity contribution < 1.29 is 8.78 Å². The Morgan fingerprint density at radius 3 is 2.31 bits per heavy atom. The highest BCUT2D eigenvalue weighted by molar-refractivity contribution is 9.10. The molecule has 5 nitrogen and oxygen atoms in total. The molecule has 0 unspecified atom stereocenters. The molecule has 32 heavy (non-hydrogen) atoms. The molecule has 1 atom stereocenters. The van der Waals surface area contributed by atoms with E-state index in [1.54, 1.807) is 0 Å². The molecule has 1 aliphatic rings. The molecular weight excluding hydrogens is 566 g/mol. The average Bonchev–Trinajstić information content (AvgIpc) is 3.08. The van der Waals surface area contributed by atoms with Crippen molar-refractivity contribution >= 4 is 60.7 Å². The predicted octanol–water partition coefficient (Wildman–Crippen LogP) is 3.66. The van der Waals surface area contributed by atoms with E-state index in [1.165, 1.54) is 42.5 Å². The normalized spacial score (nSPS) is 16.0. The molecule has 0 saturated heterocycles. The molecule has 0 amide bonds. The minimum absolute atomic E-state index is 0.00390. The highest BCUT2D eigenvalue weighted by Gasteiger charge is 2.33. The number of nitriles is 2. The predicted molar refractivity (Wildman–Crippen MR) is 124 cm³/mol. The van der Waals surface area contributed by atoms with Crippen LogP contribution in [0, 0.1) is 34.3 Å². The van der Waals surface area contributed by atoms with Gasteiger partial charge in [-0.15, -0.1) is 11.3 Å². The Hall–Kier alpha value is -3.05. The van der Waals surface area contributed by atoms with Gasteiger partial charge in [-0.1, -0.05) is 31.9 Å². The van der Waals surface area contributed by atoms with Gasteiger partial charge in [0.1, 0.15) is 22.1 Å². The number of nitrogens with two attached hydrogens (primary N) is 1. The van der Waals surface area contributed by atoms with Crippen molar-refractivity contribution in [1.82, 2.24) is 4.57 Å². The van der Waals surface area contributed by atoms with Gasteiger partial charge in [-0.2, -0.15) is 10.5 Å². The lowest BCUT2D eigenvalue weighted by Crippen LogP contribution is -2.38. The molecule has 1 aromatic heterocycles. The van der Waals surface area contributed by atoms with Crippen molar-refractivity contribution in [3.05, 3.63) is 93.2 Å². The van der Waals surface area contributed by atoms with Crippen molar-refractivity contribution in [2.24, 2.45) is 5.73 Å². The summed E-state index contributed by atoms with van der Waals surface area (Å²) in [5, 5.41) is 19.7. The standard InChI is InChI=1S/C22H10Br2F2N4OS/c23-11-1-3-16(25)10(5-11)6-18-21(31)30-20(29)14(8-27)19(15(9-28)22(30)32-18)13-7-12(24)2-4-17(13)26/h1-7,19H,29H2/b18-6-/t19-/m0/s1. The number of aromatic nitrogens is 1. The van der Waals surface area contributed by atoms with E-state index in [0.29, 0.717) is 8.95 Å².